The van der Waals surface area contributed by atoms with Crippen LogP contribution >= 0.6 is 0 Å². The largest absolute Gasteiger partial charge is 0.301 e. The SMILES string of the molecule is C#CC(CC)NC1CC1C. The Bertz CT molecular complexity index is 145. The maximum absolute atomic E-state index is 5.29. The van der Waals surface area contributed by atoms with Crippen molar-refractivity contribution in [2.24, 2.45) is 5.92 Å². The summed E-state index contributed by atoms with van der Waals surface area (Å²) in [5.41, 5.74) is 0. The lowest BCUT2D eigenvalue weighted by Crippen LogP contribution is -2.29. The first-order valence-corrected chi connectivity index (χ1v) is 4.00. The molecule has 1 aliphatic rings. The van der Waals surface area contributed by atoms with Gasteiger partial charge in [-0.25, -0.2) is 0 Å². The molecule has 1 heteroatoms. The van der Waals surface area contributed by atoms with Gasteiger partial charge in [-0.3, -0.25) is 0 Å². The van der Waals surface area contributed by atoms with Crippen LogP contribution in [0.15, 0.2) is 0 Å². The van der Waals surface area contributed by atoms with E-state index in [0.29, 0.717) is 12.1 Å². The van der Waals surface area contributed by atoms with Crippen LogP contribution in [0.5, 0.6) is 0 Å². The van der Waals surface area contributed by atoms with Gasteiger partial charge in [0, 0.05) is 6.04 Å². The summed E-state index contributed by atoms with van der Waals surface area (Å²) < 4.78 is 0. The minimum Gasteiger partial charge on any atom is -0.301 e. The minimum absolute atomic E-state index is 0.301. The zero-order valence-corrected chi connectivity index (χ0v) is 6.72. The van der Waals surface area contributed by atoms with Crippen molar-refractivity contribution in [2.75, 3.05) is 0 Å². The van der Waals surface area contributed by atoms with Crippen LogP contribution in [0.4, 0.5) is 0 Å². The van der Waals surface area contributed by atoms with E-state index in [-0.39, 0.29) is 0 Å². The van der Waals surface area contributed by atoms with Gasteiger partial charge >= 0.3 is 0 Å². The van der Waals surface area contributed by atoms with Gasteiger partial charge in [0.15, 0.2) is 0 Å². The first kappa shape index (κ1) is 7.63. The quantitative estimate of drug-likeness (QED) is 0.580. The van der Waals surface area contributed by atoms with E-state index in [0.717, 1.165) is 12.3 Å². The van der Waals surface area contributed by atoms with E-state index < -0.39 is 0 Å². The molecule has 0 amide bonds. The second kappa shape index (κ2) is 3.07. The predicted octanol–water partition coefficient (Wildman–Crippen LogP) is 1.40. The van der Waals surface area contributed by atoms with Crippen LogP contribution in [0.2, 0.25) is 0 Å². The van der Waals surface area contributed by atoms with Crippen LogP contribution in [-0.4, -0.2) is 12.1 Å². The lowest BCUT2D eigenvalue weighted by atomic mass is 10.2. The van der Waals surface area contributed by atoms with E-state index in [1.54, 1.807) is 0 Å². The molecule has 0 spiro atoms. The average Bonchev–Trinajstić information content (AvgIpc) is 2.62. The van der Waals surface area contributed by atoms with Gasteiger partial charge < -0.3 is 5.32 Å². The Morgan fingerprint density at radius 2 is 2.40 bits per heavy atom. The van der Waals surface area contributed by atoms with Gasteiger partial charge in [0.2, 0.25) is 0 Å². The van der Waals surface area contributed by atoms with Crippen molar-refractivity contribution in [3.63, 3.8) is 0 Å². The van der Waals surface area contributed by atoms with Crippen molar-refractivity contribution in [1.29, 1.82) is 0 Å². The highest BCUT2D eigenvalue weighted by molar-refractivity contribution is 5.03. The fourth-order valence-corrected chi connectivity index (χ4v) is 1.10. The normalized spacial score (nSPS) is 32.9. The Labute approximate surface area is 63.2 Å². The number of rotatable bonds is 3. The maximum atomic E-state index is 5.29. The number of hydrogen-bond acceptors (Lipinski definition) is 1. The van der Waals surface area contributed by atoms with Gasteiger partial charge in [-0.1, -0.05) is 19.8 Å². The summed E-state index contributed by atoms with van der Waals surface area (Å²) in [6, 6.07) is 1.01. The molecule has 1 N–H and O–H groups in total. The molecule has 1 nitrogen and oxygen atoms in total. The molecule has 10 heavy (non-hydrogen) atoms. The first-order chi connectivity index (χ1) is 4.77. The van der Waals surface area contributed by atoms with Gasteiger partial charge in [-0.05, 0) is 18.8 Å². The Kier molecular flexibility index (Phi) is 2.34. The second-order valence-electron chi connectivity index (χ2n) is 3.11. The molecule has 3 atom stereocenters. The van der Waals surface area contributed by atoms with E-state index in [4.69, 9.17) is 6.42 Å². The molecular weight excluding hydrogens is 122 g/mol. The minimum atomic E-state index is 0.301. The van der Waals surface area contributed by atoms with Gasteiger partial charge in [0.1, 0.15) is 0 Å². The van der Waals surface area contributed by atoms with E-state index in [1.165, 1.54) is 6.42 Å². The van der Waals surface area contributed by atoms with Crippen LogP contribution in [0.1, 0.15) is 26.7 Å². The van der Waals surface area contributed by atoms with Crippen LogP contribution in [0.25, 0.3) is 0 Å². The highest BCUT2D eigenvalue weighted by Gasteiger charge is 2.33. The summed E-state index contributed by atoms with van der Waals surface area (Å²) in [6.45, 7) is 4.37. The Balaban J connectivity index is 2.18. The van der Waals surface area contributed by atoms with E-state index >= 15 is 0 Å². The van der Waals surface area contributed by atoms with Crippen molar-refractivity contribution in [2.45, 2.75) is 38.8 Å². The number of hydrogen-bond donors (Lipinski definition) is 1. The van der Waals surface area contributed by atoms with Gasteiger partial charge in [-0.15, -0.1) is 6.42 Å². The highest BCUT2D eigenvalue weighted by Crippen LogP contribution is 2.29. The van der Waals surface area contributed by atoms with Crippen LogP contribution in [0.3, 0.4) is 0 Å². The molecule has 0 radical (unpaired) electrons. The van der Waals surface area contributed by atoms with Gasteiger partial charge in [-0.2, -0.15) is 0 Å². The lowest BCUT2D eigenvalue weighted by molar-refractivity contribution is 0.569. The molecule has 0 aromatic carbocycles. The molecule has 0 saturated heterocycles. The molecule has 0 aromatic rings. The third-order valence-corrected chi connectivity index (χ3v) is 2.13. The summed E-state index contributed by atoms with van der Waals surface area (Å²) in [7, 11) is 0. The van der Waals surface area contributed by atoms with E-state index in [9.17, 15) is 0 Å². The van der Waals surface area contributed by atoms with Crippen molar-refractivity contribution in [3.8, 4) is 12.3 Å². The van der Waals surface area contributed by atoms with Crippen LogP contribution in [-0.2, 0) is 0 Å². The average molecular weight is 137 g/mol. The van der Waals surface area contributed by atoms with E-state index in [1.807, 2.05) is 0 Å². The lowest BCUT2D eigenvalue weighted by Gasteiger charge is -2.08. The topological polar surface area (TPSA) is 12.0 Å². The molecule has 1 aliphatic carbocycles. The summed E-state index contributed by atoms with van der Waals surface area (Å²) in [5.74, 6) is 3.58. The smallest absolute Gasteiger partial charge is 0.0686 e. The fraction of sp³-hybridized carbons (Fsp3) is 0.778. The molecule has 56 valence electrons. The molecule has 0 aromatic heterocycles. The second-order valence-corrected chi connectivity index (χ2v) is 3.11. The molecule has 3 unspecified atom stereocenters. The van der Waals surface area contributed by atoms with Crippen molar-refractivity contribution < 1.29 is 0 Å². The van der Waals surface area contributed by atoms with Gasteiger partial charge in [0.25, 0.3) is 0 Å². The molecular formula is C9H15N. The van der Waals surface area contributed by atoms with Crippen molar-refractivity contribution >= 4 is 0 Å². The Morgan fingerprint density at radius 1 is 1.80 bits per heavy atom. The highest BCUT2D eigenvalue weighted by atomic mass is 15.0. The Morgan fingerprint density at radius 3 is 2.70 bits per heavy atom. The first-order valence-electron chi connectivity index (χ1n) is 4.00. The molecule has 0 heterocycles. The molecule has 0 bridgehead atoms. The maximum Gasteiger partial charge on any atom is 0.0686 e. The number of terminal acetylenes is 1. The molecule has 1 rings (SSSR count). The summed E-state index contributed by atoms with van der Waals surface area (Å²) >= 11 is 0. The zero-order valence-electron chi connectivity index (χ0n) is 6.72. The van der Waals surface area contributed by atoms with Crippen LogP contribution < -0.4 is 5.32 Å². The summed E-state index contributed by atoms with van der Waals surface area (Å²) in [5, 5.41) is 3.40. The Hall–Kier alpha value is -0.480. The third-order valence-electron chi connectivity index (χ3n) is 2.13. The number of nitrogens with one attached hydrogen (secondary N) is 1. The predicted molar refractivity (Wildman–Crippen MR) is 43.6 cm³/mol. The molecule has 0 aliphatic heterocycles. The molecule has 1 fully saturated rings. The van der Waals surface area contributed by atoms with Gasteiger partial charge in [0.05, 0.1) is 6.04 Å². The van der Waals surface area contributed by atoms with E-state index in [2.05, 4.69) is 25.1 Å². The summed E-state index contributed by atoms with van der Waals surface area (Å²) in [4.78, 5) is 0. The third kappa shape index (κ3) is 1.75. The van der Waals surface area contributed by atoms with Crippen molar-refractivity contribution in [3.05, 3.63) is 0 Å². The summed E-state index contributed by atoms with van der Waals surface area (Å²) in [6.07, 6.45) is 7.64. The zero-order chi connectivity index (χ0) is 7.56. The van der Waals surface area contributed by atoms with Crippen molar-refractivity contribution in [1.82, 2.24) is 5.32 Å². The standard InChI is InChI=1S/C9H15N/c1-4-8(5-2)10-9-6-7(9)3/h1,7-10H,5-6H2,2-3H3. The monoisotopic (exact) mass is 137 g/mol. The fourth-order valence-electron chi connectivity index (χ4n) is 1.10. The van der Waals surface area contributed by atoms with Crippen LogP contribution in [0, 0.1) is 18.3 Å². The molecule has 1 saturated carbocycles.